The maximum Gasteiger partial charge on any atom is 0.165 e. The number of halogens is 1. The third kappa shape index (κ3) is 5.45. The minimum Gasteiger partial charge on any atom is -0.490 e. The molecule has 0 bridgehead atoms. The number of ether oxygens (including phenoxy) is 3. The molecule has 0 aliphatic rings. The highest BCUT2D eigenvalue weighted by Gasteiger charge is 2.14. The van der Waals surface area contributed by atoms with Crippen LogP contribution in [0.1, 0.15) is 24.9 Å². The Hall–Kier alpha value is -1.17. The highest BCUT2D eigenvalue weighted by Crippen LogP contribution is 2.28. The van der Waals surface area contributed by atoms with Crippen molar-refractivity contribution in [1.29, 1.82) is 0 Å². The molecule has 0 aliphatic heterocycles. The average Bonchev–Trinajstić information content (AvgIpc) is 2.46. The van der Waals surface area contributed by atoms with Crippen LogP contribution in [0, 0.1) is 5.82 Å². The molecule has 1 aromatic rings. The lowest BCUT2D eigenvalue weighted by Gasteiger charge is -2.17. The van der Waals surface area contributed by atoms with Crippen molar-refractivity contribution in [3.63, 3.8) is 0 Å². The molecule has 0 saturated heterocycles. The van der Waals surface area contributed by atoms with Crippen molar-refractivity contribution in [2.45, 2.75) is 19.4 Å². The van der Waals surface area contributed by atoms with Crippen LogP contribution in [0.2, 0.25) is 0 Å². The summed E-state index contributed by atoms with van der Waals surface area (Å²) in [5.74, 6) is -0.00357. The largest absolute Gasteiger partial charge is 0.490 e. The number of rotatable bonds is 10. The first-order chi connectivity index (χ1) is 9.70. The lowest BCUT2D eigenvalue weighted by atomic mass is 10.1. The number of nitrogens with one attached hydrogen (secondary N) is 1. The van der Waals surface area contributed by atoms with E-state index in [1.165, 1.54) is 6.07 Å². The van der Waals surface area contributed by atoms with E-state index in [4.69, 9.17) is 14.2 Å². The van der Waals surface area contributed by atoms with Crippen LogP contribution in [0.4, 0.5) is 4.39 Å². The van der Waals surface area contributed by atoms with E-state index in [9.17, 15) is 4.39 Å². The Balaban J connectivity index is 2.43. The summed E-state index contributed by atoms with van der Waals surface area (Å²) in [5.41, 5.74) is 0.827. The SMILES string of the molecule is CNC(C)c1cccc(F)c1OCCCOCCOC. The summed E-state index contributed by atoms with van der Waals surface area (Å²) in [5, 5.41) is 3.09. The molecule has 20 heavy (non-hydrogen) atoms. The van der Waals surface area contributed by atoms with Gasteiger partial charge in [0.05, 0.1) is 19.8 Å². The second kappa shape index (κ2) is 9.69. The van der Waals surface area contributed by atoms with Gasteiger partial charge in [-0.15, -0.1) is 0 Å². The van der Waals surface area contributed by atoms with E-state index in [0.29, 0.717) is 38.6 Å². The summed E-state index contributed by atoms with van der Waals surface area (Å²) in [4.78, 5) is 0. The molecule has 0 saturated carbocycles. The van der Waals surface area contributed by atoms with Gasteiger partial charge in [0, 0.05) is 31.7 Å². The Morgan fingerprint density at radius 1 is 1.20 bits per heavy atom. The van der Waals surface area contributed by atoms with Crippen LogP contribution in [-0.2, 0) is 9.47 Å². The fourth-order valence-corrected chi connectivity index (χ4v) is 1.75. The van der Waals surface area contributed by atoms with E-state index >= 15 is 0 Å². The van der Waals surface area contributed by atoms with Gasteiger partial charge in [0.1, 0.15) is 0 Å². The average molecular weight is 285 g/mol. The molecule has 0 fully saturated rings. The van der Waals surface area contributed by atoms with Crippen LogP contribution < -0.4 is 10.1 Å². The Bertz CT molecular complexity index is 387. The Morgan fingerprint density at radius 2 is 2.00 bits per heavy atom. The molecule has 5 heteroatoms. The van der Waals surface area contributed by atoms with Crippen LogP contribution in [0.5, 0.6) is 5.75 Å². The predicted octanol–water partition coefficient (Wildman–Crippen LogP) is 2.54. The third-order valence-electron chi connectivity index (χ3n) is 3.01. The van der Waals surface area contributed by atoms with Gasteiger partial charge in [0.15, 0.2) is 11.6 Å². The third-order valence-corrected chi connectivity index (χ3v) is 3.01. The quantitative estimate of drug-likeness (QED) is 0.671. The fourth-order valence-electron chi connectivity index (χ4n) is 1.75. The van der Waals surface area contributed by atoms with E-state index in [2.05, 4.69) is 5.32 Å². The molecule has 0 aliphatic carbocycles. The molecule has 1 rings (SSSR count). The van der Waals surface area contributed by atoms with Crippen molar-refractivity contribution in [1.82, 2.24) is 5.32 Å². The first-order valence-electron chi connectivity index (χ1n) is 6.85. The van der Waals surface area contributed by atoms with E-state index < -0.39 is 0 Å². The standard InChI is InChI=1S/C15H24FNO3/c1-12(17-2)13-6-4-7-14(16)15(13)20-9-5-8-19-11-10-18-3/h4,6-7,12,17H,5,8-11H2,1-3H3. The second-order valence-corrected chi connectivity index (χ2v) is 4.48. The topological polar surface area (TPSA) is 39.7 Å². The molecular weight excluding hydrogens is 261 g/mol. The van der Waals surface area contributed by atoms with Crippen LogP contribution in [0.25, 0.3) is 0 Å². The van der Waals surface area contributed by atoms with Gasteiger partial charge in [-0.2, -0.15) is 0 Å². The van der Waals surface area contributed by atoms with Crippen molar-refractivity contribution in [3.05, 3.63) is 29.6 Å². The molecule has 1 unspecified atom stereocenters. The molecule has 1 aromatic carbocycles. The van der Waals surface area contributed by atoms with E-state index in [1.807, 2.05) is 20.0 Å². The summed E-state index contributed by atoms with van der Waals surface area (Å²) in [7, 11) is 3.47. The van der Waals surface area contributed by atoms with Crippen molar-refractivity contribution >= 4 is 0 Å². The highest BCUT2D eigenvalue weighted by atomic mass is 19.1. The molecule has 1 N–H and O–H groups in total. The van der Waals surface area contributed by atoms with Gasteiger partial charge in [-0.05, 0) is 20.0 Å². The number of methoxy groups -OCH3 is 1. The van der Waals surface area contributed by atoms with Crippen molar-refractivity contribution < 1.29 is 18.6 Å². The molecule has 114 valence electrons. The van der Waals surface area contributed by atoms with Crippen molar-refractivity contribution in [2.24, 2.45) is 0 Å². The molecule has 0 radical (unpaired) electrons. The van der Waals surface area contributed by atoms with Gasteiger partial charge in [-0.25, -0.2) is 4.39 Å². The minimum atomic E-state index is -0.329. The van der Waals surface area contributed by atoms with Crippen LogP contribution in [-0.4, -0.2) is 40.6 Å². The molecule has 0 amide bonds. The Labute approximate surface area is 120 Å². The highest BCUT2D eigenvalue weighted by molar-refractivity contribution is 5.37. The summed E-state index contributed by atoms with van der Waals surface area (Å²) in [6.45, 7) is 4.12. The van der Waals surface area contributed by atoms with Crippen LogP contribution in [0.15, 0.2) is 18.2 Å². The van der Waals surface area contributed by atoms with Gasteiger partial charge < -0.3 is 19.5 Å². The van der Waals surface area contributed by atoms with Gasteiger partial charge >= 0.3 is 0 Å². The Morgan fingerprint density at radius 3 is 2.70 bits per heavy atom. The molecule has 4 nitrogen and oxygen atoms in total. The zero-order valence-corrected chi connectivity index (χ0v) is 12.4. The predicted molar refractivity (Wildman–Crippen MR) is 76.7 cm³/mol. The van der Waals surface area contributed by atoms with E-state index in [1.54, 1.807) is 13.2 Å². The molecule has 0 spiro atoms. The first kappa shape index (κ1) is 16.9. The summed E-state index contributed by atoms with van der Waals surface area (Å²) in [6, 6.07) is 5.02. The minimum absolute atomic E-state index is 0.0404. The zero-order chi connectivity index (χ0) is 14.8. The fraction of sp³-hybridized carbons (Fsp3) is 0.600. The summed E-state index contributed by atoms with van der Waals surface area (Å²) < 4.78 is 29.6. The molecule has 1 atom stereocenters. The number of hydrogen-bond acceptors (Lipinski definition) is 4. The monoisotopic (exact) mass is 285 g/mol. The van der Waals surface area contributed by atoms with E-state index in [0.717, 1.165) is 5.56 Å². The smallest absolute Gasteiger partial charge is 0.165 e. The van der Waals surface area contributed by atoms with Crippen molar-refractivity contribution in [2.75, 3.05) is 40.6 Å². The first-order valence-corrected chi connectivity index (χ1v) is 6.85. The molecular formula is C15H24FNO3. The van der Waals surface area contributed by atoms with Gasteiger partial charge in [0.2, 0.25) is 0 Å². The van der Waals surface area contributed by atoms with Crippen LogP contribution >= 0.6 is 0 Å². The van der Waals surface area contributed by atoms with Crippen molar-refractivity contribution in [3.8, 4) is 5.75 Å². The molecule has 0 aromatic heterocycles. The number of benzene rings is 1. The van der Waals surface area contributed by atoms with Gasteiger partial charge in [0.25, 0.3) is 0 Å². The molecule has 0 heterocycles. The maximum atomic E-state index is 13.8. The van der Waals surface area contributed by atoms with Gasteiger partial charge in [-0.3, -0.25) is 0 Å². The van der Waals surface area contributed by atoms with E-state index in [-0.39, 0.29) is 11.9 Å². The number of para-hydroxylation sites is 1. The number of hydrogen-bond donors (Lipinski definition) is 1. The lowest BCUT2D eigenvalue weighted by Crippen LogP contribution is -2.15. The lowest BCUT2D eigenvalue weighted by molar-refractivity contribution is 0.0641. The van der Waals surface area contributed by atoms with Crippen LogP contribution in [0.3, 0.4) is 0 Å². The summed E-state index contributed by atoms with van der Waals surface area (Å²) in [6.07, 6.45) is 0.714. The maximum absolute atomic E-state index is 13.8. The Kier molecular flexibility index (Phi) is 8.18. The van der Waals surface area contributed by atoms with Gasteiger partial charge in [-0.1, -0.05) is 12.1 Å². The normalized spacial score (nSPS) is 12.4. The summed E-state index contributed by atoms with van der Waals surface area (Å²) >= 11 is 0. The zero-order valence-electron chi connectivity index (χ0n) is 12.4. The second-order valence-electron chi connectivity index (χ2n) is 4.48.